The minimum atomic E-state index is -0.911. The molecule has 1 fully saturated rings. The molecule has 0 bridgehead atoms. The Bertz CT molecular complexity index is 797. The molecule has 0 saturated heterocycles. The van der Waals surface area contributed by atoms with E-state index in [-0.39, 0.29) is 11.8 Å². The number of para-hydroxylation sites is 1. The fraction of sp³-hybridized carbons (Fsp3) is 0.364. The highest BCUT2D eigenvalue weighted by molar-refractivity contribution is 6.18. The molecule has 0 N–H and O–H groups in total. The SMILES string of the molecule is CCN(C(=O)C1(C(=O)N(CC)c2cccc(C)c2)CC1)c1ccccc1. The lowest BCUT2D eigenvalue weighted by Gasteiger charge is -2.30. The summed E-state index contributed by atoms with van der Waals surface area (Å²) in [6.07, 6.45) is 1.24. The zero-order valence-electron chi connectivity index (χ0n) is 15.7. The van der Waals surface area contributed by atoms with Crippen LogP contribution >= 0.6 is 0 Å². The van der Waals surface area contributed by atoms with Crippen LogP contribution in [0.1, 0.15) is 32.3 Å². The van der Waals surface area contributed by atoms with Gasteiger partial charge in [-0.15, -0.1) is 0 Å². The average molecular weight is 350 g/mol. The third-order valence-electron chi connectivity index (χ3n) is 5.07. The quantitative estimate of drug-likeness (QED) is 0.733. The first-order valence-electron chi connectivity index (χ1n) is 9.29. The Morgan fingerprint density at radius 3 is 1.88 bits per heavy atom. The van der Waals surface area contributed by atoms with E-state index < -0.39 is 5.41 Å². The van der Waals surface area contributed by atoms with Crippen molar-refractivity contribution in [2.24, 2.45) is 5.41 Å². The number of amides is 2. The molecule has 0 aliphatic heterocycles. The highest BCUT2D eigenvalue weighted by atomic mass is 16.2. The molecule has 4 heteroatoms. The third-order valence-corrected chi connectivity index (χ3v) is 5.07. The molecule has 3 rings (SSSR count). The van der Waals surface area contributed by atoms with E-state index in [0.717, 1.165) is 16.9 Å². The number of hydrogen-bond donors (Lipinski definition) is 0. The fourth-order valence-electron chi connectivity index (χ4n) is 3.45. The zero-order valence-corrected chi connectivity index (χ0v) is 15.7. The van der Waals surface area contributed by atoms with Crippen LogP contribution < -0.4 is 9.80 Å². The molecule has 0 atom stereocenters. The molecule has 136 valence electrons. The minimum absolute atomic E-state index is 0.0787. The molecule has 1 aliphatic carbocycles. The highest BCUT2D eigenvalue weighted by Crippen LogP contribution is 2.50. The Labute approximate surface area is 155 Å². The molecule has 0 radical (unpaired) electrons. The highest BCUT2D eigenvalue weighted by Gasteiger charge is 2.59. The maximum absolute atomic E-state index is 13.3. The Morgan fingerprint density at radius 2 is 1.38 bits per heavy atom. The summed E-state index contributed by atoms with van der Waals surface area (Å²) in [5.74, 6) is -0.160. The van der Waals surface area contributed by atoms with Crippen molar-refractivity contribution in [3.63, 3.8) is 0 Å². The number of benzene rings is 2. The number of nitrogens with zero attached hydrogens (tertiary/aromatic N) is 2. The van der Waals surface area contributed by atoms with E-state index in [0.29, 0.717) is 25.9 Å². The number of carbonyl (C=O) groups excluding carboxylic acids is 2. The zero-order chi connectivity index (χ0) is 18.7. The van der Waals surface area contributed by atoms with Crippen LogP contribution in [0, 0.1) is 12.3 Å². The van der Waals surface area contributed by atoms with Gasteiger partial charge in [0.05, 0.1) is 0 Å². The second kappa shape index (κ2) is 7.32. The Balaban J connectivity index is 1.89. The van der Waals surface area contributed by atoms with Crippen molar-refractivity contribution in [2.45, 2.75) is 33.6 Å². The van der Waals surface area contributed by atoms with Gasteiger partial charge in [-0.3, -0.25) is 9.59 Å². The van der Waals surface area contributed by atoms with Gasteiger partial charge in [0.15, 0.2) is 0 Å². The molecule has 0 unspecified atom stereocenters. The van der Waals surface area contributed by atoms with E-state index in [2.05, 4.69) is 0 Å². The van der Waals surface area contributed by atoms with Gasteiger partial charge in [0, 0.05) is 24.5 Å². The van der Waals surface area contributed by atoms with Crippen LogP contribution in [0.5, 0.6) is 0 Å². The normalized spacial score (nSPS) is 14.6. The van der Waals surface area contributed by atoms with Crippen LogP contribution in [0.3, 0.4) is 0 Å². The molecule has 4 nitrogen and oxygen atoms in total. The maximum atomic E-state index is 13.3. The van der Waals surface area contributed by atoms with Gasteiger partial charge in [0.2, 0.25) is 11.8 Å². The van der Waals surface area contributed by atoms with Crippen molar-refractivity contribution < 1.29 is 9.59 Å². The summed E-state index contributed by atoms with van der Waals surface area (Å²) in [5.41, 5.74) is 1.90. The van der Waals surface area contributed by atoms with Crippen LogP contribution in [0.25, 0.3) is 0 Å². The Hall–Kier alpha value is -2.62. The summed E-state index contributed by atoms with van der Waals surface area (Å²) in [7, 11) is 0. The molecule has 26 heavy (non-hydrogen) atoms. The monoisotopic (exact) mass is 350 g/mol. The summed E-state index contributed by atoms with van der Waals surface area (Å²) in [6.45, 7) is 7.01. The van der Waals surface area contributed by atoms with Crippen molar-refractivity contribution in [3.8, 4) is 0 Å². The van der Waals surface area contributed by atoms with Gasteiger partial charge in [0.25, 0.3) is 0 Å². The standard InChI is InChI=1S/C22H26N2O2/c1-4-23(18-11-7-6-8-12-18)20(25)22(14-15-22)21(26)24(5-2)19-13-9-10-17(3)16-19/h6-13,16H,4-5,14-15H2,1-3H3. The van der Waals surface area contributed by atoms with E-state index in [4.69, 9.17) is 0 Å². The predicted octanol–water partition coefficient (Wildman–Crippen LogP) is 4.18. The van der Waals surface area contributed by atoms with E-state index in [1.807, 2.05) is 75.4 Å². The molecule has 2 amide bonds. The maximum Gasteiger partial charge on any atom is 0.242 e. The molecule has 1 saturated carbocycles. The summed E-state index contributed by atoms with van der Waals surface area (Å²) in [5, 5.41) is 0. The first-order chi connectivity index (χ1) is 12.5. The molecular formula is C22H26N2O2. The summed E-state index contributed by atoms with van der Waals surface area (Å²) in [6, 6.07) is 17.5. The molecule has 2 aromatic rings. The smallest absolute Gasteiger partial charge is 0.242 e. The van der Waals surface area contributed by atoms with Crippen LogP contribution in [0.4, 0.5) is 11.4 Å². The Kier molecular flexibility index (Phi) is 5.12. The molecule has 2 aromatic carbocycles. The van der Waals surface area contributed by atoms with Crippen molar-refractivity contribution in [1.82, 2.24) is 0 Å². The lowest BCUT2D eigenvalue weighted by molar-refractivity contribution is -0.134. The van der Waals surface area contributed by atoms with E-state index in [1.165, 1.54) is 0 Å². The van der Waals surface area contributed by atoms with E-state index in [1.54, 1.807) is 9.80 Å². The first-order valence-corrected chi connectivity index (χ1v) is 9.29. The lowest BCUT2D eigenvalue weighted by Crippen LogP contribution is -2.47. The number of hydrogen-bond acceptors (Lipinski definition) is 2. The second-order valence-corrected chi connectivity index (χ2v) is 6.86. The second-order valence-electron chi connectivity index (χ2n) is 6.86. The van der Waals surface area contributed by atoms with Crippen LogP contribution in [0.2, 0.25) is 0 Å². The van der Waals surface area contributed by atoms with E-state index in [9.17, 15) is 9.59 Å². The van der Waals surface area contributed by atoms with Crippen molar-refractivity contribution in [1.29, 1.82) is 0 Å². The van der Waals surface area contributed by atoms with Crippen molar-refractivity contribution >= 4 is 23.2 Å². The Morgan fingerprint density at radius 1 is 0.846 bits per heavy atom. The number of aryl methyl sites for hydroxylation is 1. The van der Waals surface area contributed by atoms with Gasteiger partial charge in [-0.05, 0) is 63.4 Å². The fourth-order valence-corrected chi connectivity index (χ4v) is 3.45. The van der Waals surface area contributed by atoms with Crippen LogP contribution in [-0.4, -0.2) is 24.9 Å². The molecule has 0 heterocycles. The van der Waals surface area contributed by atoms with Gasteiger partial charge in [-0.1, -0.05) is 30.3 Å². The molecular weight excluding hydrogens is 324 g/mol. The van der Waals surface area contributed by atoms with Gasteiger partial charge >= 0.3 is 0 Å². The number of carbonyl (C=O) groups is 2. The topological polar surface area (TPSA) is 40.6 Å². The number of anilines is 2. The summed E-state index contributed by atoms with van der Waals surface area (Å²) < 4.78 is 0. The van der Waals surface area contributed by atoms with Gasteiger partial charge < -0.3 is 9.80 Å². The third kappa shape index (κ3) is 3.24. The van der Waals surface area contributed by atoms with Crippen LogP contribution in [0.15, 0.2) is 54.6 Å². The van der Waals surface area contributed by atoms with Gasteiger partial charge in [-0.2, -0.15) is 0 Å². The lowest BCUT2D eigenvalue weighted by atomic mass is 10.0. The summed E-state index contributed by atoms with van der Waals surface area (Å²) in [4.78, 5) is 30.1. The van der Waals surface area contributed by atoms with Crippen LogP contribution in [-0.2, 0) is 9.59 Å². The van der Waals surface area contributed by atoms with E-state index >= 15 is 0 Å². The largest absolute Gasteiger partial charge is 0.312 e. The first kappa shape index (κ1) is 18.2. The molecule has 1 aliphatic rings. The van der Waals surface area contributed by atoms with Gasteiger partial charge in [-0.25, -0.2) is 0 Å². The predicted molar refractivity (Wildman–Crippen MR) is 105 cm³/mol. The molecule has 0 aromatic heterocycles. The van der Waals surface area contributed by atoms with Gasteiger partial charge in [0.1, 0.15) is 5.41 Å². The van der Waals surface area contributed by atoms with Crippen molar-refractivity contribution in [3.05, 3.63) is 60.2 Å². The molecule has 0 spiro atoms. The average Bonchev–Trinajstić information content (AvgIpc) is 3.46. The summed E-state index contributed by atoms with van der Waals surface area (Å²) >= 11 is 0. The minimum Gasteiger partial charge on any atom is -0.312 e. The van der Waals surface area contributed by atoms with Crippen molar-refractivity contribution in [2.75, 3.05) is 22.9 Å². The number of rotatable bonds is 6.